The minimum absolute atomic E-state index is 0.143. The number of thioether (sulfide) groups is 1. The highest BCUT2D eigenvalue weighted by molar-refractivity contribution is 8.27. The summed E-state index contributed by atoms with van der Waals surface area (Å²) in [5.41, 5.74) is 0.730. The van der Waals surface area contributed by atoms with Crippen molar-refractivity contribution in [3.63, 3.8) is 0 Å². The van der Waals surface area contributed by atoms with Crippen LogP contribution in [0.4, 0.5) is 5.69 Å². The lowest BCUT2D eigenvalue weighted by atomic mass is 10.2. The van der Waals surface area contributed by atoms with Gasteiger partial charge in [-0.15, -0.1) is 0 Å². The lowest BCUT2D eigenvalue weighted by molar-refractivity contribution is -0.113. The number of benzene rings is 1. The summed E-state index contributed by atoms with van der Waals surface area (Å²) in [6.07, 6.45) is 3.27. The zero-order valence-electron chi connectivity index (χ0n) is 11.8. The monoisotopic (exact) mass is 331 g/mol. The van der Waals surface area contributed by atoms with E-state index in [1.165, 1.54) is 16.7 Å². The number of furan rings is 1. The molecule has 6 heteroatoms. The van der Waals surface area contributed by atoms with Gasteiger partial charge >= 0.3 is 0 Å². The standard InChI is InChI=1S/C16H13NO3S2/c1-2-19-12-7-5-11(6-8-12)17-15(18)14(22-16(17)21)10-13-4-3-9-20-13/h3-10H,2H2,1H3/b14-10+. The maximum atomic E-state index is 12.5. The predicted octanol–water partition coefficient (Wildman–Crippen LogP) is 4.08. The number of thiocarbonyl (C=S) groups is 1. The van der Waals surface area contributed by atoms with Gasteiger partial charge in [0.25, 0.3) is 5.91 Å². The van der Waals surface area contributed by atoms with E-state index in [9.17, 15) is 4.79 Å². The van der Waals surface area contributed by atoms with Crippen LogP contribution in [0.3, 0.4) is 0 Å². The first-order valence-electron chi connectivity index (χ1n) is 6.73. The first-order valence-corrected chi connectivity index (χ1v) is 7.96. The van der Waals surface area contributed by atoms with Crippen LogP contribution in [0, 0.1) is 0 Å². The summed E-state index contributed by atoms with van der Waals surface area (Å²) >= 11 is 6.59. The second-order valence-corrected chi connectivity index (χ2v) is 6.14. The zero-order valence-corrected chi connectivity index (χ0v) is 13.4. The van der Waals surface area contributed by atoms with E-state index in [0.717, 1.165) is 11.4 Å². The molecule has 0 bridgehead atoms. The van der Waals surface area contributed by atoms with Crippen LogP contribution in [0.2, 0.25) is 0 Å². The van der Waals surface area contributed by atoms with Gasteiger partial charge in [-0.2, -0.15) is 0 Å². The number of ether oxygens (including phenoxy) is 1. The number of carbonyl (C=O) groups excluding carboxylic acids is 1. The molecule has 1 aliphatic heterocycles. The Morgan fingerprint density at radius 1 is 1.32 bits per heavy atom. The lowest BCUT2D eigenvalue weighted by Gasteiger charge is -2.15. The van der Waals surface area contributed by atoms with Gasteiger partial charge in [0.1, 0.15) is 11.5 Å². The molecule has 1 aliphatic rings. The van der Waals surface area contributed by atoms with Gasteiger partial charge in [-0.3, -0.25) is 9.69 Å². The fraction of sp³-hybridized carbons (Fsp3) is 0.125. The molecular weight excluding hydrogens is 318 g/mol. The zero-order chi connectivity index (χ0) is 15.5. The van der Waals surface area contributed by atoms with Crippen LogP contribution >= 0.6 is 24.0 Å². The Kier molecular flexibility index (Phi) is 4.31. The van der Waals surface area contributed by atoms with Gasteiger partial charge in [0, 0.05) is 6.08 Å². The van der Waals surface area contributed by atoms with E-state index in [0.29, 0.717) is 21.6 Å². The largest absolute Gasteiger partial charge is 0.494 e. The third-order valence-corrected chi connectivity index (χ3v) is 4.32. The average molecular weight is 331 g/mol. The number of anilines is 1. The smallest absolute Gasteiger partial charge is 0.270 e. The summed E-state index contributed by atoms with van der Waals surface area (Å²) in [5, 5.41) is 0. The Balaban J connectivity index is 1.85. The molecule has 0 aliphatic carbocycles. The van der Waals surface area contributed by atoms with E-state index in [1.54, 1.807) is 24.5 Å². The molecule has 1 fully saturated rings. The van der Waals surface area contributed by atoms with E-state index in [2.05, 4.69) is 0 Å². The molecule has 1 aromatic heterocycles. The van der Waals surface area contributed by atoms with E-state index in [1.807, 2.05) is 31.2 Å². The lowest BCUT2D eigenvalue weighted by Crippen LogP contribution is -2.27. The Morgan fingerprint density at radius 2 is 2.09 bits per heavy atom. The van der Waals surface area contributed by atoms with Crippen molar-refractivity contribution < 1.29 is 13.9 Å². The first-order chi connectivity index (χ1) is 10.7. The number of nitrogens with zero attached hydrogens (tertiary/aromatic N) is 1. The van der Waals surface area contributed by atoms with Gasteiger partial charge in [-0.1, -0.05) is 24.0 Å². The summed E-state index contributed by atoms with van der Waals surface area (Å²) < 4.78 is 11.2. The molecule has 0 N–H and O–H groups in total. The molecule has 0 radical (unpaired) electrons. The van der Waals surface area contributed by atoms with Crippen molar-refractivity contribution in [1.29, 1.82) is 0 Å². The maximum absolute atomic E-state index is 12.5. The number of carbonyl (C=O) groups is 1. The highest BCUT2D eigenvalue weighted by Gasteiger charge is 2.33. The molecule has 1 saturated heterocycles. The molecule has 0 saturated carbocycles. The molecule has 1 amide bonds. The molecule has 0 atom stereocenters. The van der Waals surface area contributed by atoms with Crippen LogP contribution in [-0.2, 0) is 4.79 Å². The van der Waals surface area contributed by atoms with Crippen LogP contribution in [0.25, 0.3) is 6.08 Å². The van der Waals surface area contributed by atoms with Gasteiger partial charge in [0.05, 0.1) is 23.5 Å². The summed E-state index contributed by atoms with van der Waals surface area (Å²) in [7, 11) is 0. The number of amides is 1. The molecule has 112 valence electrons. The van der Waals surface area contributed by atoms with Crippen LogP contribution in [-0.4, -0.2) is 16.8 Å². The molecule has 1 aromatic carbocycles. The fourth-order valence-corrected chi connectivity index (χ4v) is 3.33. The Hall–Kier alpha value is -2.05. The Bertz CT molecular complexity index is 720. The van der Waals surface area contributed by atoms with Crippen molar-refractivity contribution in [3.8, 4) is 5.75 Å². The normalized spacial score (nSPS) is 16.6. The van der Waals surface area contributed by atoms with Crippen molar-refractivity contribution in [2.75, 3.05) is 11.5 Å². The van der Waals surface area contributed by atoms with Crippen LogP contribution in [0.1, 0.15) is 12.7 Å². The second-order valence-electron chi connectivity index (χ2n) is 4.46. The third kappa shape index (κ3) is 2.93. The quantitative estimate of drug-likeness (QED) is 0.624. The molecule has 4 nitrogen and oxygen atoms in total. The minimum atomic E-state index is -0.143. The van der Waals surface area contributed by atoms with Crippen LogP contribution in [0.5, 0.6) is 5.75 Å². The topological polar surface area (TPSA) is 42.7 Å². The summed E-state index contributed by atoms with van der Waals surface area (Å²) in [5.74, 6) is 1.26. The molecule has 0 spiro atoms. The van der Waals surface area contributed by atoms with E-state index >= 15 is 0 Å². The molecule has 0 unspecified atom stereocenters. The van der Waals surface area contributed by atoms with Crippen LogP contribution in [0.15, 0.2) is 52.0 Å². The van der Waals surface area contributed by atoms with Gasteiger partial charge in [-0.05, 0) is 43.3 Å². The average Bonchev–Trinajstić information content (AvgIpc) is 3.10. The predicted molar refractivity (Wildman–Crippen MR) is 92.0 cm³/mol. The summed E-state index contributed by atoms with van der Waals surface area (Å²) in [4.78, 5) is 14.6. The summed E-state index contributed by atoms with van der Waals surface area (Å²) in [6.45, 7) is 2.53. The Morgan fingerprint density at radius 3 is 2.73 bits per heavy atom. The second kappa shape index (κ2) is 6.37. The number of rotatable bonds is 4. The van der Waals surface area contributed by atoms with Crippen molar-refractivity contribution in [1.82, 2.24) is 0 Å². The SMILES string of the molecule is CCOc1ccc(N2C(=O)/C(=C\c3ccco3)SC2=S)cc1. The van der Waals surface area contributed by atoms with Crippen molar-refractivity contribution in [3.05, 3.63) is 53.3 Å². The molecular formula is C16H13NO3S2. The molecule has 3 rings (SSSR count). The first kappa shape index (κ1) is 14.9. The van der Waals surface area contributed by atoms with Crippen molar-refractivity contribution in [2.24, 2.45) is 0 Å². The molecule has 22 heavy (non-hydrogen) atoms. The van der Waals surface area contributed by atoms with E-state index in [4.69, 9.17) is 21.4 Å². The van der Waals surface area contributed by atoms with E-state index in [-0.39, 0.29) is 5.91 Å². The van der Waals surface area contributed by atoms with E-state index < -0.39 is 0 Å². The maximum Gasteiger partial charge on any atom is 0.270 e. The Labute approximate surface area is 137 Å². The van der Waals surface area contributed by atoms with Gasteiger partial charge < -0.3 is 9.15 Å². The number of hydrogen-bond donors (Lipinski definition) is 0. The summed E-state index contributed by atoms with van der Waals surface area (Å²) in [6, 6.07) is 10.9. The number of hydrogen-bond acceptors (Lipinski definition) is 5. The van der Waals surface area contributed by atoms with Gasteiger partial charge in [0.2, 0.25) is 0 Å². The fourth-order valence-electron chi connectivity index (χ4n) is 2.05. The highest BCUT2D eigenvalue weighted by Crippen LogP contribution is 2.36. The van der Waals surface area contributed by atoms with Gasteiger partial charge in [0.15, 0.2) is 4.32 Å². The third-order valence-electron chi connectivity index (χ3n) is 3.02. The van der Waals surface area contributed by atoms with Gasteiger partial charge in [-0.25, -0.2) is 0 Å². The molecule has 2 heterocycles. The van der Waals surface area contributed by atoms with Crippen LogP contribution < -0.4 is 9.64 Å². The van der Waals surface area contributed by atoms with Crippen molar-refractivity contribution in [2.45, 2.75) is 6.92 Å². The highest BCUT2D eigenvalue weighted by atomic mass is 32.2. The van der Waals surface area contributed by atoms with Crippen molar-refractivity contribution >= 4 is 46.0 Å². The molecule has 2 aromatic rings. The minimum Gasteiger partial charge on any atom is -0.494 e.